The molecule has 2 aromatic carbocycles. The summed E-state index contributed by atoms with van der Waals surface area (Å²) in [6.07, 6.45) is 0. The van der Waals surface area contributed by atoms with Crippen LogP contribution in [0.25, 0.3) is 0 Å². The van der Waals surface area contributed by atoms with Crippen LogP contribution in [0, 0.1) is 18.6 Å². The van der Waals surface area contributed by atoms with Crippen molar-refractivity contribution in [2.45, 2.75) is 13.5 Å². The first-order valence-corrected chi connectivity index (χ1v) is 6.29. The molecule has 0 aromatic heterocycles. The Morgan fingerprint density at radius 2 is 1.89 bits per heavy atom. The van der Waals surface area contributed by atoms with E-state index >= 15 is 0 Å². The Hall–Kier alpha value is -1.42. The summed E-state index contributed by atoms with van der Waals surface area (Å²) < 4.78 is 27.3. The van der Waals surface area contributed by atoms with Gasteiger partial charge in [0.15, 0.2) is 0 Å². The smallest absolute Gasteiger partial charge is 0.146 e. The van der Waals surface area contributed by atoms with E-state index in [2.05, 4.69) is 21.2 Å². The molecule has 0 radical (unpaired) electrons. The predicted molar refractivity (Wildman–Crippen MR) is 72.6 cm³/mol. The van der Waals surface area contributed by atoms with E-state index in [1.54, 1.807) is 18.2 Å². The molecule has 1 nitrogen and oxygen atoms in total. The minimum atomic E-state index is -0.314. The topological polar surface area (TPSA) is 12.0 Å². The number of hydrogen-bond acceptors (Lipinski definition) is 1. The van der Waals surface area contributed by atoms with Crippen LogP contribution in [0.5, 0.6) is 0 Å². The van der Waals surface area contributed by atoms with Gasteiger partial charge in [0.25, 0.3) is 0 Å². The van der Waals surface area contributed by atoms with Crippen molar-refractivity contribution >= 4 is 21.6 Å². The molecule has 0 saturated carbocycles. The second kappa shape index (κ2) is 5.48. The third kappa shape index (κ3) is 3.29. The highest BCUT2D eigenvalue weighted by Crippen LogP contribution is 2.19. The summed E-state index contributed by atoms with van der Waals surface area (Å²) in [4.78, 5) is 0. The van der Waals surface area contributed by atoms with Crippen LogP contribution in [0.4, 0.5) is 14.5 Å². The molecular weight excluding hydrogens is 300 g/mol. The van der Waals surface area contributed by atoms with E-state index in [1.807, 2.05) is 6.92 Å². The minimum Gasteiger partial charge on any atom is -0.379 e. The number of nitrogens with one attached hydrogen (secondary N) is 1. The van der Waals surface area contributed by atoms with Gasteiger partial charge in [0.2, 0.25) is 0 Å². The van der Waals surface area contributed by atoms with Gasteiger partial charge in [-0.05, 0) is 48.4 Å². The summed E-state index contributed by atoms with van der Waals surface area (Å²) in [5.41, 5.74) is 2.15. The van der Waals surface area contributed by atoms with Crippen molar-refractivity contribution in [3.63, 3.8) is 0 Å². The van der Waals surface area contributed by atoms with Gasteiger partial charge in [0.1, 0.15) is 11.6 Å². The third-order valence-electron chi connectivity index (χ3n) is 2.53. The molecule has 4 heteroatoms. The van der Waals surface area contributed by atoms with Gasteiger partial charge in [0.05, 0.1) is 5.69 Å². The first-order chi connectivity index (χ1) is 8.54. The van der Waals surface area contributed by atoms with Gasteiger partial charge in [-0.25, -0.2) is 8.78 Å². The molecule has 0 aliphatic heterocycles. The first kappa shape index (κ1) is 13.0. The molecule has 2 aromatic rings. The van der Waals surface area contributed by atoms with Crippen LogP contribution in [0.2, 0.25) is 0 Å². The lowest BCUT2D eigenvalue weighted by atomic mass is 10.2. The van der Waals surface area contributed by atoms with Crippen LogP contribution in [0.3, 0.4) is 0 Å². The zero-order chi connectivity index (χ0) is 13.1. The van der Waals surface area contributed by atoms with Crippen LogP contribution < -0.4 is 5.32 Å². The molecular formula is C14H12BrF2N. The number of hydrogen-bond donors (Lipinski definition) is 1. The molecule has 0 aliphatic carbocycles. The van der Waals surface area contributed by atoms with Crippen molar-refractivity contribution in [1.82, 2.24) is 0 Å². The van der Waals surface area contributed by atoms with Crippen molar-refractivity contribution in [2.24, 2.45) is 0 Å². The van der Waals surface area contributed by atoms with E-state index in [0.29, 0.717) is 16.7 Å². The average Bonchev–Trinajstić information content (AvgIpc) is 2.29. The SMILES string of the molecule is Cc1ccc(F)c(NCc2cc(F)cc(Br)c2)c1. The monoisotopic (exact) mass is 311 g/mol. The van der Waals surface area contributed by atoms with Gasteiger partial charge in [-0.3, -0.25) is 0 Å². The molecule has 0 unspecified atom stereocenters. The molecule has 0 heterocycles. The summed E-state index contributed by atoms with van der Waals surface area (Å²) in [6.45, 7) is 2.26. The molecule has 0 bridgehead atoms. The molecule has 1 N–H and O–H groups in total. The normalized spacial score (nSPS) is 10.4. The Morgan fingerprint density at radius 1 is 1.11 bits per heavy atom. The molecule has 0 aliphatic rings. The Kier molecular flexibility index (Phi) is 3.97. The summed E-state index contributed by atoms with van der Waals surface area (Å²) in [5, 5.41) is 2.96. The molecule has 0 amide bonds. The fourth-order valence-electron chi connectivity index (χ4n) is 1.68. The van der Waals surface area contributed by atoms with Crippen LogP contribution in [0.15, 0.2) is 40.9 Å². The van der Waals surface area contributed by atoms with Crippen LogP contribution >= 0.6 is 15.9 Å². The van der Waals surface area contributed by atoms with Crippen molar-refractivity contribution in [2.75, 3.05) is 5.32 Å². The van der Waals surface area contributed by atoms with Gasteiger partial charge in [-0.2, -0.15) is 0 Å². The van der Waals surface area contributed by atoms with Gasteiger partial charge in [0, 0.05) is 11.0 Å². The summed E-state index contributed by atoms with van der Waals surface area (Å²) >= 11 is 3.22. The lowest BCUT2D eigenvalue weighted by molar-refractivity contribution is 0.624. The van der Waals surface area contributed by atoms with Crippen LogP contribution in [0.1, 0.15) is 11.1 Å². The molecule has 0 spiro atoms. The van der Waals surface area contributed by atoms with Gasteiger partial charge >= 0.3 is 0 Å². The highest BCUT2D eigenvalue weighted by Gasteiger charge is 2.03. The second-order valence-electron chi connectivity index (χ2n) is 4.11. The maximum absolute atomic E-state index is 13.5. The molecule has 18 heavy (non-hydrogen) atoms. The van der Waals surface area contributed by atoms with E-state index in [0.717, 1.165) is 11.1 Å². The number of benzene rings is 2. The molecule has 0 atom stereocenters. The van der Waals surface area contributed by atoms with Crippen molar-refractivity contribution in [3.8, 4) is 0 Å². The highest BCUT2D eigenvalue weighted by molar-refractivity contribution is 9.10. The predicted octanol–water partition coefficient (Wildman–Crippen LogP) is 4.65. The summed E-state index contributed by atoms with van der Waals surface area (Å²) in [7, 11) is 0. The third-order valence-corrected chi connectivity index (χ3v) is 2.99. The Bertz CT molecular complexity index is 549. The van der Waals surface area contributed by atoms with Gasteiger partial charge in [-0.1, -0.05) is 22.0 Å². The van der Waals surface area contributed by atoms with E-state index in [1.165, 1.54) is 18.2 Å². The largest absolute Gasteiger partial charge is 0.379 e. The zero-order valence-electron chi connectivity index (χ0n) is 9.81. The van der Waals surface area contributed by atoms with Crippen molar-refractivity contribution in [1.29, 1.82) is 0 Å². The maximum atomic E-state index is 13.5. The first-order valence-electron chi connectivity index (χ1n) is 5.49. The Labute approximate surface area is 113 Å². The summed E-state index contributed by atoms with van der Waals surface area (Å²) in [6, 6.07) is 9.45. The minimum absolute atomic E-state index is 0.309. The molecule has 94 valence electrons. The molecule has 0 fully saturated rings. The van der Waals surface area contributed by atoms with Crippen LogP contribution in [-0.4, -0.2) is 0 Å². The van der Waals surface area contributed by atoms with Crippen LogP contribution in [-0.2, 0) is 6.54 Å². The van der Waals surface area contributed by atoms with E-state index in [9.17, 15) is 8.78 Å². The van der Waals surface area contributed by atoms with Crippen molar-refractivity contribution in [3.05, 3.63) is 63.6 Å². The highest BCUT2D eigenvalue weighted by atomic mass is 79.9. The quantitative estimate of drug-likeness (QED) is 0.870. The lowest BCUT2D eigenvalue weighted by Crippen LogP contribution is -2.02. The standard InChI is InChI=1S/C14H12BrF2N/c1-9-2-3-13(17)14(4-9)18-8-10-5-11(15)7-12(16)6-10/h2-7,18H,8H2,1H3. The number of rotatable bonds is 3. The van der Waals surface area contributed by atoms with Gasteiger partial charge < -0.3 is 5.32 Å². The zero-order valence-corrected chi connectivity index (χ0v) is 11.4. The second-order valence-corrected chi connectivity index (χ2v) is 5.03. The number of halogens is 3. The fourth-order valence-corrected chi connectivity index (χ4v) is 2.20. The van der Waals surface area contributed by atoms with E-state index in [4.69, 9.17) is 0 Å². The number of anilines is 1. The summed E-state index contributed by atoms with van der Waals surface area (Å²) in [5.74, 6) is -0.623. The van der Waals surface area contributed by atoms with Crippen molar-refractivity contribution < 1.29 is 8.78 Å². The Balaban J connectivity index is 2.13. The van der Waals surface area contributed by atoms with E-state index < -0.39 is 0 Å². The molecule has 0 saturated heterocycles. The lowest BCUT2D eigenvalue weighted by Gasteiger charge is -2.09. The molecule has 2 rings (SSSR count). The number of aryl methyl sites for hydroxylation is 1. The van der Waals surface area contributed by atoms with Gasteiger partial charge in [-0.15, -0.1) is 0 Å². The maximum Gasteiger partial charge on any atom is 0.146 e. The van der Waals surface area contributed by atoms with E-state index in [-0.39, 0.29) is 11.6 Å². The average molecular weight is 312 g/mol. The fraction of sp³-hybridized carbons (Fsp3) is 0.143. The Morgan fingerprint density at radius 3 is 2.61 bits per heavy atom.